The van der Waals surface area contributed by atoms with Gasteiger partial charge in [-0.3, -0.25) is 14.9 Å². The number of amides is 1. The number of hydrogen-bond acceptors (Lipinski definition) is 6. The van der Waals surface area contributed by atoms with Crippen LogP contribution in [-0.4, -0.2) is 29.9 Å². The molecule has 0 heterocycles. The van der Waals surface area contributed by atoms with Gasteiger partial charge < -0.3 is 4.74 Å². The van der Waals surface area contributed by atoms with E-state index in [-0.39, 0.29) is 23.1 Å². The van der Waals surface area contributed by atoms with Crippen molar-refractivity contribution in [2.75, 3.05) is 12.9 Å². The Bertz CT molecular complexity index is 829. The van der Waals surface area contributed by atoms with Crippen molar-refractivity contribution in [2.24, 2.45) is 5.10 Å². The van der Waals surface area contributed by atoms with Crippen LogP contribution >= 0.6 is 23.4 Å². The normalized spacial score (nSPS) is 10.7. The molecule has 0 saturated heterocycles. The average Bonchev–Trinajstić information content (AvgIpc) is 2.63. The first-order valence-corrected chi connectivity index (χ1v) is 9.00. The molecule has 9 heteroatoms. The smallest absolute Gasteiger partial charge is 0.311 e. The van der Waals surface area contributed by atoms with Crippen molar-refractivity contribution in [3.63, 3.8) is 0 Å². The number of carbonyl (C=O) groups excluding carboxylic acids is 1. The zero-order valence-corrected chi connectivity index (χ0v) is 15.4. The van der Waals surface area contributed by atoms with Gasteiger partial charge in [0.05, 0.1) is 24.0 Å². The molecule has 0 spiro atoms. The fourth-order valence-electron chi connectivity index (χ4n) is 2.01. The summed E-state index contributed by atoms with van der Waals surface area (Å²) < 4.78 is 4.93. The number of methoxy groups -OCH3 is 1. The molecule has 2 aromatic carbocycles. The molecule has 0 atom stereocenters. The molecule has 0 saturated carbocycles. The highest BCUT2D eigenvalue weighted by atomic mass is 35.5. The zero-order valence-electron chi connectivity index (χ0n) is 13.8. The van der Waals surface area contributed by atoms with Gasteiger partial charge in [0.15, 0.2) is 5.75 Å². The second kappa shape index (κ2) is 9.79. The summed E-state index contributed by atoms with van der Waals surface area (Å²) in [5.74, 6) is 0.709. The highest BCUT2D eigenvalue weighted by Crippen LogP contribution is 2.26. The second-order valence-corrected chi connectivity index (χ2v) is 6.46. The Morgan fingerprint density at radius 3 is 2.85 bits per heavy atom. The number of benzene rings is 2. The van der Waals surface area contributed by atoms with Crippen LogP contribution in [0.25, 0.3) is 0 Å². The molecule has 7 nitrogen and oxygen atoms in total. The number of carbonyl (C=O) groups is 1. The number of halogens is 1. The SMILES string of the molecule is COc1ccc(/C=N\NC(=O)CSCc2ccccc2Cl)cc1[N+](=O)[O-]. The molecule has 2 rings (SSSR count). The van der Waals surface area contributed by atoms with Gasteiger partial charge in [-0.1, -0.05) is 29.8 Å². The number of ether oxygens (including phenoxy) is 1. The molecule has 0 unspecified atom stereocenters. The summed E-state index contributed by atoms with van der Waals surface area (Å²) in [6.45, 7) is 0. The van der Waals surface area contributed by atoms with Crippen LogP contribution in [0.3, 0.4) is 0 Å². The Morgan fingerprint density at radius 2 is 2.15 bits per heavy atom. The average molecular weight is 394 g/mol. The van der Waals surface area contributed by atoms with E-state index in [2.05, 4.69) is 10.5 Å². The minimum atomic E-state index is -0.542. The lowest BCUT2D eigenvalue weighted by Gasteiger charge is -2.04. The van der Waals surface area contributed by atoms with Crippen LogP contribution in [0.5, 0.6) is 5.75 Å². The number of rotatable bonds is 8. The van der Waals surface area contributed by atoms with Crippen molar-refractivity contribution in [3.8, 4) is 5.75 Å². The highest BCUT2D eigenvalue weighted by Gasteiger charge is 2.14. The topological polar surface area (TPSA) is 93.8 Å². The van der Waals surface area contributed by atoms with E-state index in [1.165, 1.54) is 37.2 Å². The van der Waals surface area contributed by atoms with Crippen molar-refractivity contribution in [3.05, 3.63) is 68.7 Å². The third-order valence-corrected chi connectivity index (χ3v) is 4.60. The molecule has 1 N–H and O–H groups in total. The van der Waals surface area contributed by atoms with Crippen LogP contribution in [0.1, 0.15) is 11.1 Å². The molecule has 26 heavy (non-hydrogen) atoms. The lowest BCUT2D eigenvalue weighted by atomic mass is 10.2. The summed E-state index contributed by atoms with van der Waals surface area (Å²) in [7, 11) is 1.36. The molecular weight excluding hydrogens is 378 g/mol. The first kappa shape index (κ1) is 19.7. The Labute approximate surface area is 159 Å². The predicted molar refractivity (Wildman–Crippen MR) is 103 cm³/mol. The summed E-state index contributed by atoms with van der Waals surface area (Å²) >= 11 is 7.46. The predicted octanol–water partition coefficient (Wildman–Crippen LogP) is 3.64. The summed E-state index contributed by atoms with van der Waals surface area (Å²) in [5, 5.41) is 15.5. The monoisotopic (exact) mass is 393 g/mol. The Kier molecular flexibility index (Phi) is 7.43. The van der Waals surface area contributed by atoms with Gasteiger partial charge in [-0.05, 0) is 23.8 Å². The van der Waals surface area contributed by atoms with Crippen molar-refractivity contribution in [2.45, 2.75) is 5.75 Å². The van der Waals surface area contributed by atoms with Crippen molar-refractivity contribution >= 4 is 41.2 Å². The third-order valence-electron chi connectivity index (χ3n) is 3.25. The number of nitrogens with zero attached hydrogens (tertiary/aromatic N) is 2. The van der Waals surface area contributed by atoms with E-state index in [0.717, 1.165) is 5.56 Å². The molecule has 0 aliphatic heterocycles. The quantitative estimate of drug-likeness (QED) is 0.419. The number of nitro benzene ring substituents is 1. The minimum Gasteiger partial charge on any atom is -0.490 e. The Morgan fingerprint density at radius 1 is 1.38 bits per heavy atom. The highest BCUT2D eigenvalue weighted by molar-refractivity contribution is 7.99. The summed E-state index contributed by atoms with van der Waals surface area (Å²) in [6, 6.07) is 11.8. The van der Waals surface area contributed by atoms with Gasteiger partial charge in [0, 0.05) is 22.4 Å². The van der Waals surface area contributed by atoms with E-state index >= 15 is 0 Å². The molecule has 2 aromatic rings. The van der Waals surface area contributed by atoms with E-state index in [4.69, 9.17) is 16.3 Å². The molecule has 136 valence electrons. The van der Waals surface area contributed by atoms with Crippen molar-refractivity contribution < 1.29 is 14.5 Å². The summed E-state index contributed by atoms with van der Waals surface area (Å²) in [4.78, 5) is 22.2. The van der Waals surface area contributed by atoms with Crippen LogP contribution in [0.4, 0.5) is 5.69 Å². The maximum Gasteiger partial charge on any atom is 0.311 e. The summed E-state index contributed by atoms with van der Waals surface area (Å²) in [5.41, 5.74) is 3.65. The molecule has 0 aliphatic carbocycles. The van der Waals surface area contributed by atoms with Crippen molar-refractivity contribution in [1.82, 2.24) is 5.43 Å². The van der Waals surface area contributed by atoms with E-state index in [1.807, 2.05) is 18.2 Å². The van der Waals surface area contributed by atoms with E-state index < -0.39 is 4.92 Å². The van der Waals surface area contributed by atoms with Crippen LogP contribution in [0, 0.1) is 10.1 Å². The minimum absolute atomic E-state index is 0.159. The molecule has 0 bridgehead atoms. The maximum absolute atomic E-state index is 11.8. The molecule has 0 fully saturated rings. The van der Waals surface area contributed by atoms with Crippen LogP contribution in [0.2, 0.25) is 5.02 Å². The van der Waals surface area contributed by atoms with Gasteiger partial charge in [-0.25, -0.2) is 5.43 Å². The number of nitrogens with one attached hydrogen (secondary N) is 1. The second-order valence-electron chi connectivity index (χ2n) is 5.07. The molecule has 1 amide bonds. The zero-order chi connectivity index (χ0) is 18.9. The van der Waals surface area contributed by atoms with E-state index in [9.17, 15) is 14.9 Å². The van der Waals surface area contributed by atoms with Crippen LogP contribution in [0.15, 0.2) is 47.6 Å². The number of nitro groups is 1. The van der Waals surface area contributed by atoms with Crippen molar-refractivity contribution in [1.29, 1.82) is 0 Å². The van der Waals surface area contributed by atoms with Gasteiger partial charge in [0.25, 0.3) is 0 Å². The third kappa shape index (κ3) is 5.75. The van der Waals surface area contributed by atoms with Gasteiger partial charge in [0.2, 0.25) is 5.91 Å². The van der Waals surface area contributed by atoms with Gasteiger partial charge in [-0.15, -0.1) is 11.8 Å². The van der Waals surface area contributed by atoms with Gasteiger partial charge >= 0.3 is 5.69 Å². The first-order chi connectivity index (χ1) is 12.5. The Balaban J connectivity index is 1.84. The fraction of sp³-hybridized carbons (Fsp3) is 0.176. The molecule has 0 aliphatic rings. The largest absolute Gasteiger partial charge is 0.490 e. The lowest BCUT2D eigenvalue weighted by molar-refractivity contribution is -0.385. The maximum atomic E-state index is 11.8. The number of thioether (sulfide) groups is 1. The fourth-order valence-corrected chi connectivity index (χ4v) is 3.12. The number of hydrogen-bond donors (Lipinski definition) is 1. The van der Waals surface area contributed by atoms with Gasteiger partial charge in [-0.2, -0.15) is 5.10 Å². The standard InChI is InChI=1S/C17H16ClN3O4S/c1-25-16-7-6-12(8-15(16)21(23)24)9-19-20-17(22)11-26-10-13-4-2-3-5-14(13)18/h2-9H,10-11H2,1H3,(H,20,22)/b19-9-. The molecular formula is C17H16ClN3O4S. The van der Waals surface area contributed by atoms with E-state index in [0.29, 0.717) is 16.3 Å². The van der Waals surface area contributed by atoms with E-state index in [1.54, 1.807) is 12.1 Å². The van der Waals surface area contributed by atoms with Crippen LogP contribution in [-0.2, 0) is 10.5 Å². The molecule has 0 radical (unpaired) electrons. The Hall–Kier alpha value is -2.58. The molecule has 0 aromatic heterocycles. The number of hydrazone groups is 1. The first-order valence-electron chi connectivity index (χ1n) is 7.46. The lowest BCUT2D eigenvalue weighted by Crippen LogP contribution is -2.19. The van der Waals surface area contributed by atoms with Crippen LogP contribution < -0.4 is 10.2 Å². The summed E-state index contributed by atoms with van der Waals surface area (Å²) in [6.07, 6.45) is 1.34. The van der Waals surface area contributed by atoms with Gasteiger partial charge in [0.1, 0.15) is 0 Å².